The number of amides is 2. The van der Waals surface area contributed by atoms with Gasteiger partial charge in [-0.25, -0.2) is 0 Å². The molecule has 0 aromatic heterocycles. The lowest BCUT2D eigenvalue weighted by Gasteiger charge is -2.32. The number of aliphatic hydroxyl groups excluding tert-OH is 1. The second kappa shape index (κ2) is 15.9. The first-order valence-corrected chi connectivity index (χ1v) is 12.2. The lowest BCUT2D eigenvalue weighted by atomic mass is 9.86. The van der Waals surface area contributed by atoms with Crippen molar-refractivity contribution in [1.29, 1.82) is 0 Å². The summed E-state index contributed by atoms with van der Waals surface area (Å²) >= 11 is 0. The van der Waals surface area contributed by atoms with Gasteiger partial charge in [-0.2, -0.15) is 0 Å². The molecule has 1 aromatic carbocycles. The van der Waals surface area contributed by atoms with Crippen LogP contribution in [-0.4, -0.2) is 53.6 Å². The van der Waals surface area contributed by atoms with E-state index in [1.165, 1.54) is 0 Å². The third-order valence-electron chi connectivity index (χ3n) is 5.74. The SMILES string of the molecule is C=CCCCC(=O)OCC(NC(=O)C(CC=C)CC(=O)N(CCO)Cc1ccccc1)C(C)(C)C. The van der Waals surface area contributed by atoms with Crippen LogP contribution in [0.4, 0.5) is 0 Å². The second-order valence-corrected chi connectivity index (χ2v) is 9.74. The summed E-state index contributed by atoms with van der Waals surface area (Å²) in [4.78, 5) is 39.9. The number of hydrogen-bond donors (Lipinski definition) is 2. The number of benzene rings is 1. The van der Waals surface area contributed by atoms with E-state index in [9.17, 15) is 19.5 Å². The predicted molar refractivity (Wildman–Crippen MR) is 138 cm³/mol. The van der Waals surface area contributed by atoms with Gasteiger partial charge in [0.1, 0.15) is 6.61 Å². The highest BCUT2D eigenvalue weighted by atomic mass is 16.5. The quantitative estimate of drug-likeness (QED) is 0.209. The number of ether oxygens (including phenoxy) is 1. The average Bonchev–Trinajstić information content (AvgIpc) is 2.81. The summed E-state index contributed by atoms with van der Waals surface area (Å²) in [6.07, 6.45) is 5.41. The van der Waals surface area contributed by atoms with Crippen LogP contribution in [0.1, 0.15) is 58.4 Å². The number of carbonyl (C=O) groups excluding carboxylic acids is 3. The molecule has 0 spiro atoms. The van der Waals surface area contributed by atoms with Crippen LogP contribution in [0.25, 0.3) is 0 Å². The number of nitrogens with one attached hydrogen (secondary N) is 1. The summed E-state index contributed by atoms with van der Waals surface area (Å²) in [5.74, 6) is -1.44. The van der Waals surface area contributed by atoms with E-state index in [-0.39, 0.29) is 49.4 Å². The minimum Gasteiger partial charge on any atom is -0.463 e. The maximum Gasteiger partial charge on any atom is 0.305 e. The number of allylic oxidation sites excluding steroid dienone is 2. The van der Waals surface area contributed by atoms with Crippen molar-refractivity contribution in [2.45, 2.75) is 65.5 Å². The largest absolute Gasteiger partial charge is 0.463 e. The Morgan fingerprint density at radius 3 is 2.40 bits per heavy atom. The number of hydrogen-bond acceptors (Lipinski definition) is 5. The van der Waals surface area contributed by atoms with Crippen LogP contribution < -0.4 is 5.32 Å². The minimum atomic E-state index is -0.620. The molecule has 7 nitrogen and oxygen atoms in total. The fraction of sp³-hybridized carbons (Fsp3) is 0.536. The zero-order valence-electron chi connectivity index (χ0n) is 21.5. The monoisotopic (exact) mass is 486 g/mol. The first kappa shape index (κ1) is 30.1. The van der Waals surface area contributed by atoms with Crippen LogP contribution in [0.5, 0.6) is 0 Å². The maximum atomic E-state index is 13.2. The number of carbonyl (C=O) groups is 3. The molecule has 2 amide bonds. The number of aliphatic hydroxyl groups is 1. The fourth-order valence-corrected chi connectivity index (χ4v) is 3.48. The smallest absolute Gasteiger partial charge is 0.305 e. The number of unbranched alkanes of at least 4 members (excludes halogenated alkanes) is 1. The molecule has 2 atom stereocenters. The third-order valence-corrected chi connectivity index (χ3v) is 5.74. The Labute approximate surface area is 210 Å². The Balaban J connectivity index is 2.84. The summed E-state index contributed by atoms with van der Waals surface area (Å²) < 4.78 is 5.42. The van der Waals surface area contributed by atoms with Gasteiger partial charge in [0.15, 0.2) is 0 Å². The van der Waals surface area contributed by atoms with Crippen LogP contribution in [0.2, 0.25) is 0 Å². The minimum absolute atomic E-state index is 0.0110. The van der Waals surface area contributed by atoms with Crippen molar-refractivity contribution in [1.82, 2.24) is 10.2 Å². The Bertz CT molecular complexity index is 816. The predicted octanol–water partition coefficient (Wildman–Crippen LogP) is 4.02. The zero-order valence-corrected chi connectivity index (χ0v) is 21.5. The van der Waals surface area contributed by atoms with Crippen molar-refractivity contribution < 1.29 is 24.2 Å². The summed E-state index contributed by atoms with van der Waals surface area (Å²) in [5, 5.41) is 12.4. The molecule has 0 aliphatic carbocycles. The highest BCUT2D eigenvalue weighted by Gasteiger charge is 2.31. The molecule has 0 fully saturated rings. The first-order chi connectivity index (χ1) is 16.6. The molecule has 1 aromatic rings. The van der Waals surface area contributed by atoms with E-state index in [0.717, 1.165) is 12.0 Å². The molecule has 0 saturated heterocycles. The van der Waals surface area contributed by atoms with Gasteiger partial charge in [-0.3, -0.25) is 14.4 Å². The summed E-state index contributed by atoms with van der Waals surface area (Å²) in [5.41, 5.74) is 0.581. The highest BCUT2D eigenvalue weighted by Crippen LogP contribution is 2.22. The van der Waals surface area contributed by atoms with Gasteiger partial charge in [0.2, 0.25) is 11.8 Å². The molecule has 0 aliphatic heterocycles. The Hall–Kier alpha value is -2.93. The maximum absolute atomic E-state index is 13.2. The third kappa shape index (κ3) is 11.9. The molecule has 0 bridgehead atoms. The van der Waals surface area contributed by atoms with Crippen molar-refractivity contribution in [3.63, 3.8) is 0 Å². The zero-order chi connectivity index (χ0) is 26.3. The van der Waals surface area contributed by atoms with Gasteiger partial charge < -0.3 is 20.1 Å². The molecular weight excluding hydrogens is 444 g/mol. The molecule has 0 heterocycles. The molecule has 2 N–H and O–H groups in total. The van der Waals surface area contributed by atoms with E-state index < -0.39 is 12.0 Å². The van der Waals surface area contributed by atoms with Crippen molar-refractivity contribution in [3.8, 4) is 0 Å². The molecule has 0 aliphatic rings. The van der Waals surface area contributed by atoms with Gasteiger partial charge in [-0.05, 0) is 30.2 Å². The van der Waals surface area contributed by atoms with Crippen molar-refractivity contribution in [2.24, 2.45) is 11.3 Å². The van der Waals surface area contributed by atoms with Crippen molar-refractivity contribution in [2.75, 3.05) is 19.8 Å². The molecule has 0 radical (unpaired) electrons. The number of nitrogens with zero attached hydrogens (tertiary/aromatic N) is 1. The lowest BCUT2D eigenvalue weighted by Crippen LogP contribution is -2.49. The van der Waals surface area contributed by atoms with E-state index in [1.54, 1.807) is 17.1 Å². The highest BCUT2D eigenvalue weighted by molar-refractivity contribution is 5.86. The van der Waals surface area contributed by atoms with Crippen molar-refractivity contribution >= 4 is 17.8 Å². The summed E-state index contributed by atoms with van der Waals surface area (Å²) in [7, 11) is 0. The Kier molecular flexibility index (Phi) is 13.7. The van der Waals surface area contributed by atoms with Gasteiger partial charge in [0.25, 0.3) is 0 Å². The molecule has 35 heavy (non-hydrogen) atoms. The van der Waals surface area contributed by atoms with Gasteiger partial charge in [-0.1, -0.05) is 63.3 Å². The van der Waals surface area contributed by atoms with Crippen LogP contribution in [0.15, 0.2) is 55.6 Å². The molecular formula is C28H42N2O5. The van der Waals surface area contributed by atoms with Crippen LogP contribution in [-0.2, 0) is 25.7 Å². The molecule has 2 unspecified atom stereocenters. The number of rotatable bonds is 16. The van der Waals surface area contributed by atoms with Gasteiger partial charge in [0, 0.05) is 25.9 Å². The molecule has 7 heteroatoms. The van der Waals surface area contributed by atoms with Crippen LogP contribution in [0, 0.1) is 11.3 Å². The fourth-order valence-electron chi connectivity index (χ4n) is 3.48. The second-order valence-electron chi connectivity index (χ2n) is 9.74. The van der Waals surface area contributed by atoms with Gasteiger partial charge >= 0.3 is 5.97 Å². The molecule has 194 valence electrons. The summed E-state index contributed by atoms with van der Waals surface area (Å²) in [6, 6.07) is 9.10. The first-order valence-electron chi connectivity index (χ1n) is 12.2. The molecule has 0 saturated carbocycles. The van der Waals surface area contributed by atoms with E-state index in [0.29, 0.717) is 25.8 Å². The van der Waals surface area contributed by atoms with E-state index in [2.05, 4.69) is 18.5 Å². The molecule has 1 rings (SSSR count). The Morgan fingerprint density at radius 2 is 1.83 bits per heavy atom. The topological polar surface area (TPSA) is 95.9 Å². The average molecular weight is 487 g/mol. The van der Waals surface area contributed by atoms with Gasteiger partial charge in [0.05, 0.1) is 18.6 Å². The number of esters is 1. The van der Waals surface area contributed by atoms with Gasteiger partial charge in [-0.15, -0.1) is 13.2 Å². The lowest BCUT2D eigenvalue weighted by molar-refractivity contribution is -0.146. The van der Waals surface area contributed by atoms with Crippen LogP contribution in [0.3, 0.4) is 0 Å². The van der Waals surface area contributed by atoms with E-state index in [1.807, 2.05) is 51.1 Å². The normalized spacial score (nSPS) is 12.8. The van der Waals surface area contributed by atoms with Crippen molar-refractivity contribution in [3.05, 3.63) is 61.2 Å². The van der Waals surface area contributed by atoms with E-state index >= 15 is 0 Å². The van der Waals surface area contributed by atoms with Crippen LogP contribution >= 0.6 is 0 Å². The van der Waals surface area contributed by atoms with E-state index in [4.69, 9.17) is 4.74 Å². The summed E-state index contributed by atoms with van der Waals surface area (Å²) in [6.45, 7) is 13.7. The standard InChI is InChI=1S/C28H42N2O5/c1-6-8-10-16-26(33)35-21-24(28(3,4)5)29-27(34)23(13-7-2)19-25(32)30(17-18-31)20-22-14-11-9-12-15-22/h6-7,9,11-12,14-15,23-24,31H,1-2,8,10,13,16-21H2,3-5H3,(H,29,34). The Morgan fingerprint density at radius 1 is 1.14 bits per heavy atom.